The van der Waals surface area contributed by atoms with Gasteiger partial charge in [0.25, 0.3) is 0 Å². The Morgan fingerprint density at radius 2 is 2.00 bits per heavy atom. The molecule has 1 saturated heterocycles. The van der Waals surface area contributed by atoms with Gasteiger partial charge in [-0.2, -0.15) is 5.10 Å². The van der Waals surface area contributed by atoms with Crippen LogP contribution < -0.4 is 9.64 Å². The molecule has 26 heavy (non-hydrogen) atoms. The second-order valence-corrected chi connectivity index (χ2v) is 7.01. The van der Waals surface area contributed by atoms with Gasteiger partial charge in [-0.1, -0.05) is 12.1 Å². The SMILES string of the molecule is Cn1ncc2c(N3CCN(Cc4ccc5c(c4)CCO5)CC3)ncnc21. The lowest BCUT2D eigenvalue weighted by molar-refractivity contribution is 0.249. The monoisotopic (exact) mass is 350 g/mol. The van der Waals surface area contributed by atoms with Gasteiger partial charge in [-0.15, -0.1) is 0 Å². The number of aromatic nitrogens is 4. The number of benzene rings is 1. The van der Waals surface area contributed by atoms with Crippen molar-refractivity contribution in [3.8, 4) is 5.75 Å². The van der Waals surface area contributed by atoms with Crippen LogP contribution in [0.25, 0.3) is 11.0 Å². The van der Waals surface area contributed by atoms with Crippen molar-refractivity contribution in [3.63, 3.8) is 0 Å². The van der Waals surface area contributed by atoms with E-state index >= 15 is 0 Å². The second-order valence-electron chi connectivity index (χ2n) is 7.01. The molecule has 0 bridgehead atoms. The number of hydrogen-bond acceptors (Lipinski definition) is 6. The van der Waals surface area contributed by atoms with E-state index in [0.29, 0.717) is 0 Å². The second kappa shape index (κ2) is 6.25. The minimum Gasteiger partial charge on any atom is -0.493 e. The topological polar surface area (TPSA) is 59.3 Å². The third-order valence-corrected chi connectivity index (χ3v) is 5.34. The van der Waals surface area contributed by atoms with E-state index < -0.39 is 0 Å². The lowest BCUT2D eigenvalue weighted by atomic mass is 10.1. The standard InChI is InChI=1S/C19H22N6O/c1-23-18-16(11-22-23)19(21-13-20-18)25-7-5-24(6-8-25)12-14-2-3-17-15(10-14)4-9-26-17/h2-3,10-11,13H,4-9,12H2,1H3. The zero-order chi connectivity index (χ0) is 17.5. The number of nitrogens with zero attached hydrogens (tertiary/aromatic N) is 6. The van der Waals surface area contributed by atoms with Crippen molar-refractivity contribution in [2.24, 2.45) is 7.05 Å². The van der Waals surface area contributed by atoms with Crippen LogP contribution >= 0.6 is 0 Å². The summed E-state index contributed by atoms with van der Waals surface area (Å²) in [6.07, 6.45) is 4.54. The van der Waals surface area contributed by atoms with Crippen LogP contribution in [0.2, 0.25) is 0 Å². The Labute approximate surface area is 152 Å². The van der Waals surface area contributed by atoms with Gasteiger partial charge in [0.1, 0.15) is 17.9 Å². The van der Waals surface area contributed by atoms with Crippen molar-refractivity contribution in [1.82, 2.24) is 24.6 Å². The maximum Gasteiger partial charge on any atom is 0.163 e. The van der Waals surface area contributed by atoms with Crippen LogP contribution in [-0.2, 0) is 20.0 Å². The molecule has 0 saturated carbocycles. The summed E-state index contributed by atoms with van der Waals surface area (Å²) in [5, 5.41) is 5.35. The Kier molecular flexibility index (Phi) is 3.74. The molecule has 7 nitrogen and oxygen atoms in total. The largest absolute Gasteiger partial charge is 0.493 e. The summed E-state index contributed by atoms with van der Waals surface area (Å²) in [5.41, 5.74) is 3.61. The molecule has 7 heteroatoms. The molecule has 0 aliphatic carbocycles. The van der Waals surface area contributed by atoms with Gasteiger partial charge < -0.3 is 9.64 Å². The summed E-state index contributed by atoms with van der Waals surface area (Å²) < 4.78 is 7.40. The smallest absolute Gasteiger partial charge is 0.163 e. The summed E-state index contributed by atoms with van der Waals surface area (Å²) in [6, 6.07) is 6.62. The number of fused-ring (bicyclic) bond motifs is 2. The average Bonchev–Trinajstić information content (AvgIpc) is 3.29. The first-order valence-corrected chi connectivity index (χ1v) is 9.12. The van der Waals surface area contributed by atoms with Crippen LogP contribution in [0.4, 0.5) is 5.82 Å². The Morgan fingerprint density at radius 1 is 1.12 bits per heavy atom. The third-order valence-electron chi connectivity index (χ3n) is 5.34. The Hall–Kier alpha value is -2.67. The fourth-order valence-electron chi connectivity index (χ4n) is 3.92. The minimum absolute atomic E-state index is 0.819. The number of ether oxygens (including phenoxy) is 1. The van der Waals surface area contributed by atoms with Crippen LogP contribution in [0, 0.1) is 0 Å². The Bertz CT molecular complexity index is 944. The normalized spacial score (nSPS) is 17.5. The van der Waals surface area contributed by atoms with E-state index in [0.717, 1.165) is 68.4 Å². The zero-order valence-corrected chi connectivity index (χ0v) is 14.9. The Balaban J connectivity index is 1.27. The Morgan fingerprint density at radius 3 is 2.88 bits per heavy atom. The summed E-state index contributed by atoms with van der Waals surface area (Å²) in [7, 11) is 1.92. The van der Waals surface area contributed by atoms with Gasteiger partial charge in [-0.3, -0.25) is 9.58 Å². The first-order valence-electron chi connectivity index (χ1n) is 9.12. The number of rotatable bonds is 3. The first kappa shape index (κ1) is 15.6. The molecule has 1 aromatic carbocycles. The van der Waals surface area contributed by atoms with E-state index in [9.17, 15) is 0 Å². The van der Waals surface area contributed by atoms with E-state index in [4.69, 9.17) is 4.74 Å². The number of aryl methyl sites for hydroxylation is 1. The summed E-state index contributed by atoms with van der Waals surface area (Å²) in [6.45, 7) is 5.80. The van der Waals surface area contributed by atoms with Crippen molar-refractivity contribution in [3.05, 3.63) is 41.9 Å². The number of piperazine rings is 1. The molecule has 0 atom stereocenters. The van der Waals surface area contributed by atoms with Gasteiger partial charge in [0.15, 0.2) is 5.65 Å². The van der Waals surface area contributed by atoms with Crippen molar-refractivity contribution in [1.29, 1.82) is 0 Å². The van der Waals surface area contributed by atoms with Crippen LogP contribution in [-0.4, -0.2) is 57.4 Å². The van der Waals surface area contributed by atoms with Crippen LogP contribution in [0.3, 0.4) is 0 Å². The van der Waals surface area contributed by atoms with E-state index in [2.05, 4.69) is 43.1 Å². The van der Waals surface area contributed by atoms with Crippen molar-refractivity contribution < 1.29 is 4.74 Å². The third kappa shape index (κ3) is 2.68. The summed E-state index contributed by atoms with van der Waals surface area (Å²) in [5.74, 6) is 2.06. The predicted octanol–water partition coefficient (Wildman–Crippen LogP) is 1.62. The maximum atomic E-state index is 5.60. The fourth-order valence-corrected chi connectivity index (χ4v) is 3.92. The first-order chi connectivity index (χ1) is 12.8. The van der Waals surface area contributed by atoms with Crippen LogP contribution in [0.15, 0.2) is 30.7 Å². The molecule has 1 fully saturated rings. The molecule has 4 heterocycles. The number of hydrogen-bond donors (Lipinski definition) is 0. The van der Waals surface area contributed by atoms with E-state index in [-0.39, 0.29) is 0 Å². The quantitative estimate of drug-likeness (QED) is 0.715. The molecule has 0 radical (unpaired) electrons. The lowest BCUT2D eigenvalue weighted by Gasteiger charge is -2.35. The van der Waals surface area contributed by atoms with Gasteiger partial charge in [0.05, 0.1) is 18.2 Å². The highest BCUT2D eigenvalue weighted by atomic mass is 16.5. The van der Waals surface area contributed by atoms with Gasteiger partial charge >= 0.3 is 0 Å². The fraction of sp³-hybridized carbons (Fsp3) is 0.421. The summed E-state index contributed by atoms with van der Waals surface area (Å²) in [4.78, 5) is 13.7. The highest BCUT2D eigenvalue weighted by Crippen LogP contribution is 2.27. The minimum atomic E-state index is 0.819. The molecule has 5 rings (SSSR count). The zero-order valence-electron chi connectivity index (χ0n) is 14.9. The van der Waals surface area contributed by atoms with E-state index in [1.807, 2.05) is 13.2 Å². The van der Waals surface area contributed by atoms with Crippen LogP contribution in [0.5, 0.6) is 5.75 Å². The molecular weight excluding hydrogens is 328 g/mol. The van der Waals surface area contributed by atoms with Gasteiger partial charge in [-0.25, -0.2) is 9.97 Å². The van der Waals surface area contributed by atoms with E-state index in [1.165, 1.54) is 11.1 Å². The van der Waals surface area contributed by atoms with Crippen LogP contribution in [0.1, 0.15) is 11.1 Å². The predicted molar refractivity (Wildman–Crippen MR) is 99.4 cm³/mol. The van der Waals surface area contributed by atoms with Gasteiger partial charge in [0, 0.05) is 46.2 Å². The molecule has 2 aliphatic heterocycles. The highest BCUT2D eigenvalue weighted by Gasteiger charge is 2.21. The van der Waals surface area contributed by atoms with Crippen molar-refractivity contribution >= 4 is 16.9 Å². The molecule has 2 aliphatic rings. The molecule has 0 spiro atoms. The van der Waals surface area contributed by atoms with E-state index in [1.54, 1.807) is 11.0 Å². The maximum absolute atomic E-state index is 5.60. The molecule has 2 aromatic heterocycles. The molecular formula is C19H22N6O. The lowest BCUT2D eigenvalue weighted by Crippen LogP contribution is -2.46. The molecule has 134 valence electrons. The highest BCUT2D eigenvalue weighted by molar-refractivity contribution is 5.86. The summed E-state index contributed by atoms with van der Waals surface area (Å²) >= 11 is 0. The number of anilines is 1. The van der Waals surface area contributed by atoms with Crippen molar-refractivity contribution in [2.75, 3.05) is 37.7 Å². The molecule has 0 N–H and O–H groups in total. The molecule has 0 amide bonds. The van der Waals surface area contributed by atoms with Gasteiger partial charge in [0.2, 0.25) is 0 Å². The molecule has 0 unspecified atom stereocenters. The molecule has 3 aromatic rings. The average molecular weight is 350 g/mol. The van der Waals surface area contributed by atoms with Crippen molar-refractivity contribution in [2.45, 2.75) is 13.0 Å². The van der Waals surface area contributed by atoms with Gasteiger partial charge in [-0.05, 0) is 17.2 Å².